The molecule has 1 aromatic rings. The van der Waals surface area contributed by atoms with Crippen molar-refractivity contribution in [3.63, 3.8) is 0 Å². The number of hydrogen-bond donors (Lipinski definition) is 0. The molecule has 6 heteroatoms. The van der Waals surface area contributed by atoms with Crippen LogP contribution >= 0.6 is 22.9 Å². The Hall–Kier alpha value is -1.07. The Kier molecular flexibility index (Phi) is 3.92. The minimum absolute atomic E-state index is 0.0647. The van der Waals surface area contributed by atoms with Crippen LogP contribution in [-0.2, 0) is 9.53 Å². The lowest BCUT2D eigenvalue weighted by Crippen LogP contribution is -2.29. The highest BCUT2D eigenvalue weighted by molar-refractivity contribution is 7.17. The normalized spacial score (nSPS) is 23.2. The molecular formula is C12H14ClNO3S. The zero-order valence-electron chi connectivity index (χ0n) is 10.2. The molecule has 0 bridgehead atoms. The Morgan fingerprint density at radius 2 is 2.17 bits per heavy atom. The Morgan fingerprint density at radius 1 is 1.44 bits per heavy atom. The summed E-state index contributed by atoms with van der Waals surface area (Å²) >= 11 is 7.07. The molecule has 0 radical (unpaired) electrons. The van der Waals surface area contributed by atoms with E-state index in [-0.39, 0.29) is 23.7 Å². The molecule has 18 heavy (non-hydrogen) atoms. The highest BCUT2D eigenvalue weighted by Crippen LogP contribution is 2.28. The van der Waals surface area contributed by atoms with E-state index in [0.29, 0.717) is 22.3 Å². The molecule has 98 valence electrons. The van der Waals surface area contributed by atoms with Gasteiger partial charge in [-0.2, -0.15) is 0 Å². The molecule has 1 aromatic heterocycles. The van der Waals surface area contributed by atoms with Crippen molar-refractivity contribution >= 4 is 34.8 Å². The smallest absolute Gasteiger partial charge is 0.310 e. The first-order valence-corrected chi connectivity index (χ1v) is 6.84. The number of hydrogen-bond acceptors (Lipinski definition) is 4. The first-order valence-electron chi connectivity index (χ1n) is 5.65. The number of carbonyl (C=O) groups is 2. The monoisotopic (exact) mass is 287 g/mol. The van der Waals surface area contributed by atoms with E-state index >= 15 is 0 Å². The van der Waals surface area contributed by atoms with Gasteiger partial charge in [0.2, 0.25) is 0 Å². The minimum atomic E-state index is -0.248. The number of halogens is 1. The number of esters is 1. The van der Waals surface area contributed by atoms with E-state index in [1.165, 1.54) is 18.4 Å². The van der Waals surface area contributed by atoms with Gasteiger partial charge in [0.25, 0.3) is 5.91 Å². The molecule has 1 saturated heterocycles. The van der Waals surface area contributed by atoms with Crippen molar-refractivity contribution < 1.29 is 14.3 Å². The van der Waals surface area contributed by atoms with Crippen LogP contribution in [0.3, 0.4) is 0 Å². The van der Waals surface area contributed by atoms with Gasteiger partial charge in [0, 0.05) is 13.1 Å². The van der Waals surface area contributed by atoms with Crippen LogP contribution in [0.1, 0.15) is 16.6 Å². The van der Waals surface area contributed by atoms with Crippen molar-refractivity contribution in [1.82, 2.24) is 4.90 Å². The molecule has 0 spiro atoms. The summed E-state index contributed by atoms with van der Waals surface area (Å²) in [5.74, 6) is -0.418. The van der Waals surface area contributed by atoms with Gasteiger partial charge in [0.1, 0.15) is 0 Å². The average molecular weight is 288 g/mol. The molecule has 4 nitrogen and oxygen atoms in total. The van der Waals surface area contributed by atoms with E-state index in [2.05, 4.69) is 0 Å². The topological polar surface area (TPSA) is 46.6 Å². The number of likely N-dealkylation sites (tertiary alicyclic amines) is 1. The Bertz CT molecular complexity index is 474. The summed E-state index contributed by atoms with van der Waals surface area (Å²) in [5.41, 5.74) is 0. The number of thiophene rings is 1. The third kappa shape index (κ3) is 2.52. The van der Waals surface area contributed by atoms with E-state index in [9.17, 15) is 9.59 Å². The fraction of sp³-hybridized carbons (Fsp3) is 0.500. The van der Waals surface area contributed by atoms with Crippen molar-refractivity contribution in [2.45, 2.75) is 6.92 Å². The van der Waals surface area contributed by atoms with Gasteiger partial charge >= 0.3 is 5.97 Å². The highest BCUT2D eigenvalue weighted by atomic mass is 35.5. The predicted octanol–water partition coefficient (Wildman–Crippen LogP) is 2.28. The van der Waals surface area contributed by atoms with Crippen LogP contribution in [0.15, 0.2) is 12.1 Å². The Labute approximate surface area is 114 Å². The fourth-order valence-electron chi connectivity index (χ4n) is 2.18. The molecule has 2 heterocycles. The van der Waals surface area contributed by atoms with Gasteiger partial charge in [-0.15, -0.1) is 11.3 Å². The van der Waals surface area contributed by atoms with Crippen LogP contribution in [0, 0.1) is 11.8 Å². The molecular weight excluding hydrogens is 274 g/mol. The van der Waals surface area contributed by atoms with Crippen LogP contribution in [0.2, 0.25) is 4.34 Å². The second kappa shape index (κ2) is 5.28. The maximum absolute atomic E-state index is 12.2. The standard InChI is InChI=1S/C12H14ClNO3S/c1-7-5-14(6-8(7)12(16)17-2)11(15)9-3-4-10(13)18-9/h3-4,7-8H,5-6H2,1-2H3. The van der Waals surface area contributed by atoms with Crippen molar-refractivity contribution in [3.8, 4) is 0 Å². The summed E-state index contributed by atoms with van der Waals surface area (Å²) in [6.45, 7) is 2.95. The van der Waals surface area contributed by atoms with Gasteiger partial charge in [0.15, 0.2) is 0 Å². The molecule has 2 atom stereocenters. The van der Waals surface area contributed by atoms with Gasteiger partial charge < -0.3 is 9.64 Å². The van der Waals surface area contributed by atoms with E-state index < -0.39 is 0 Å². The average Bonchev–Trinajstić information content (AvgIpc) is 2.94. The summed E-state index contributed by atoms with van der Waals surface area (Å²) in [5, 5.41) is 0. The van der Waals surface area contributed by atoms with Crippen LogP contribution in [-0.4, -0.2) is 37.0 Å². The number of ether oxygens (including phenoxy) is 1. The van der Waals surface area contributed by atoms with Crippen molar-refractivity contribution in [2.75, 3.05) is 20.2 Å². The number of carbonyl (C=O) groups excluding carboxylic acids is 2. The zero-order chi connectivity index (χ0) is 13.3. The lowest BCUT2D eigenvalue weighted by atomic mass is 9.99. The molecule has 1 aliphatic rings. The summed E-state index contributed by atoms with van der Waals surface area (Å²) in [4.78, 5) is 26.0. The van der Waals surface area contributed by atoms with Crippen molar-refractivity contribution in [1.29, 1.82) is 0 Å². The first-order chi connectivity index (χ1) is 8.52. The molecule has 1 fully saturated rings. The SMILES string of the molecule is COC(=O)C1CN(C(=O)c2ccc(Cl)s2)CC1C. The lowest BCUT2D eigenvalue weighted by molar-refractivity contribution is -0.145. The maximum atomic E-state index is 12.2. The summed E-state index contributed by atoms with van der Waals surface area (Å²) in [7, 11) is 1.37. The molecule has 1 amide bonds. The number of amides is 1. The molecule has 0 saturated carbocycles. The largest absolute Gasteiger partial charge is 0.469 e. The van der Waals surface area contributed by atoms with Crippen LogP contribution in [0.4, 0.5) is 0 Å². The second-order valence-electron chi connectivity index (χ2n) is 4.42. The fourth-order valence-corrected chi connectivity index (χ4v) is 3.19. The molecule has 2 rings (SSSR count). The Balaban J connectivity index is 2.08. The Morgan fingerprint density at radius 3 is 2.72 bits per heavy atom. The highest BCUT2D eigenvalue weighted by Gasteiger charge is 2.38. The molecule has 1 aliphatic heterocycles. The van der Waals surface area contributed by atoms with E-state index in [1.807, 2.05) is 6.92 Å². The lowest BCUT2D eigenvalue weighted by Gasteiger charge is -2.14. The van der Waals surface area contributed by atoms with Crippen molar-refractivity contribution in [2.24, 2.45) is 11.8 Å². The first kappa shape index (κ1) is 13.4. The number of rotatable bonds is 2. The van der Waals surface area contributed by atoms with E-state index in [4.69, 9.17) is 16.3 Å². The second-order valence-corrected chi connectivity index (χ2v) is 6.14. The summed E-state index contributed by atoms with van der Waals surface area (Å²) in [6.07, 6.45) is 0. The zero-order valence-corrected chi connectivity index (χ0v) is 11.8. The molecule has 2 unspecified atom stereocenters. The summed E-state index contributed by atoms with van der Waals surface area (Å²) < 4.78 is 5.34. The minimum Gasteiger partial charge on any atom is -0.469 e. The van der Waals surface area contributed by atoms with Crippen LogP contribution in [0.5, 0.6) is 0 Å². The van der Waals surface area contributed by atoms with Crippen LogP contribution < -0.4 is 0 Å². The number of methoxy groups -OCH3 is 1. The molecule has 0 aromatic carbocycles. The number of nitrogens with zero attached hydrogens (tertiary/aromatic N) is 1. The molecule has 0 aliphatic carbocycles. The van der Waals surface area contributed by atoms with Gasteiger partial charge in [0.05, 0.1) is 22.2 Å². The maximum Gasteiger partial charge on any atom is 0.310 e. The van der Waals surface area contributed by atoms with Gasteiger partial charge in [-0.05, 0) is 18.1 Å². The summed E-state index contributed by atoms with van der Waals surface area (Å²) in [6, 6.07) is 3.42. The quantitative estimate of drug-likeness (QED) is 0.784. The van der Waals surface area contributed by atoms with Gasteiger partial charge in [-0.3, -0.25) is 9.59 Å². The van der Waals surface area contributed by atoms with Crippen molar-refractivity contribution in [3.05, 3.63) is 21.3 Å². The third-order valence-electron chi connectivity index (χ3n) is 3.19. The van der Waals surface area contributed by atoms with E-state index in [0.717, 1.165) is 0 Å². The van der Waals surface area contributed by atoms with Crippen LogP contribution in [0.25, 0.3) is 0 Å². The van der Waals surface area contributed by atoms with E-state index in [1.54, 1.807) is 17.0 Å². The van der Waals surface area contributed by atoms with Gasteiger partial charge in [-0.1, -0.05) is 18.5 Å². The molecule has 0 N–H and O–H groups in total. The predicted molar refractivity (Wildman–Crippen MR) is 69.9 cm³/mol. The van der Waals surface area contributed by atoms with Gasteiger partial charge in [-0.25, -0.2) is 0 Å². The third-order valence-corrected chi connectivity index (χ3v) is 4.41.